The molecule has 0 aliphatic rings. The van der Waals surface area contributed by atoms with Gasteiger partial charge in [-0.1, -0.05) is 12.1 Å². The number of carbonyl (C=O) groups is 1. The van der Waals surface area contributed by atoms with Crippen molar-refractivity contribution in [2.75, 3.05) is 0 Å². The third-order valence-corrected chi connectivity index (χ3v) is 1.27. The molecule has 0 aliphatic carbocycles. The molecule has 0 fully saturated rings. The first kappa shape index (κ1) is 8.39. The maximum Gasteiger partial charge on any atom is 0.506 e. The molecule has 0 unspecified atom stereocenters. The molecule has 0 saturated carbocycles. The minimum atomic E-state index is -1.32. The summed E-state index contributed by atoms with van der Waals surface area (Å²) < 4.78 is 4.29. The summed E-state index contributed by atoms with van der Waals surface area (Å²) in [6.07, 6.45) is -1.32. The molecule has 4 heteroatoms. The van der Waals surface area contributed by atoms with Gasteiger partial charge in [0, 0.05) is 0 Å². The molecular formula is C8H8O4. The normalized spacial score (nSPS) is 9.33. The van der Waals surface area contributed by atoms with E-state index in [2.05, 4.69) is 4.74 Å². The first-order valence-electron chi connectivity index (χ1n) is 3.32. The molecule has 2 N–H and O–H groups in total. The molecule has 0 heterocycles. The van der Waals surface area contributed by atoms with Gasteiger partial charge in [0.05, 0.1) is 0 Å². The number of rotatable bonds is 2. The van der Waals surface area contributed by atoms with Crippen LogP contribution in [0.2, 0.25) is 0 Å². The Morgan fingerprint density at radius 2 is 2.25 bits per heavy atom. The van der Waals surface area contributed by atoms with Crippen molar-refractivity contribution in [1.29, 1.82) is 0 Å². The Balaban J connectivity index is 2.57. The maximum absolute atomic E-state index is 9.97. The van der Waals surface area contributed by atoms with Crippen molar-refractivity contribution >= 4 is 6.16 Å². The van der Waals surface area contributed by atoms with Gasteiger partial charge < -0.3 is 14.9 Å². The van der Waals surface area contributed by atoms with Crippen molar-refractivity contribution in [1.82, 2.24) is 0 Å². The summed E-state index contributed by atoms with van der Waals surface area (Å²) in [6, 6.07) is 6.24. The van der Waals surface area contributed by atoms with E-state index in [1.807, 2.05) is 0 Å². The highest BCUT2D eigenvalue weighted by Crippen LogP contribution is 2.11. The fourth-order valence-corrected chi connectivity index (χ4v) is 0.791. The first-order valence-corrected chi connectivity index (χ1v) is 3.32. The Morgan fingerprint density at radius 3 is 2.83 bits per heavy atom. The summed E-state index contributed by atoms with van der Waals surface area (Å²) >= 11 is 0. The Morgan fingerprint density at radius 1 is 1.50 bits per heavy atom. The van der Waals surface area contributed by atoms with Crippen LogP contribution in [0.25, 0.3) is 0 Å². The highest BCUT2D eigenvalue weighted by molar-refractivity contribution is 5.56. The lowest BCUT2D eigenvalue weighted by atomic mass is 10.2. The Kier molecular flexibility index (Phi) is 2.53. The van der Waals surface area contributed by atoms with Crippen LogP contribution >= 0.6 is 0 Å². The van der Waals surface area contributed by atoms with Gasteiger partial charge in [0.2, 0.25) is 0 Å². The van der Waals surface area contributed by atoms with Gasteiger partial charge in [-0.05, 0) is 17.7 Å². The van der Waals surface area contributed by atoms with Crippen LogP contribution in [0.5, 0.6) is 5.75 Å². The second kappa shape index (κ2) is 3.61. The fourth-order valence-electron chi connectivity index (χ4n) is 0.791. The Bertz CT molecular complexity index is 282. The molecule has 1 aromatic carbocycles. The van der Waals surface area contributed by atoms with Crippen LogP contribution in [0.4, 0.5) is 4.79 Å². The van der Waals surface area contributed by atoms with Crippen LogP contribution in [0, 0.1) is 0 Å². The predicted molar refractivity (Wildman–Crippen MR) is 40.9 cm³/mol. The number of benzene rings is 1. The van der Waals surface area contributed by atoms with Crippen LogP contribution in [0.1, 0.15) is 5.56 Å². The van der Waals surface area contributed by atoms with Gasteiger partial charge in [-0.3, -0.25) is 0 Å². The third kappa shape index (κ3) is 2.49. The molecule has 0 saturated heterocycles. The van der Waals surface area contributed by atoms with E-state index in [0.717, 1.165) is 0 Å². The second-order valence-electron chi connectivity index (χ2n) is 2.22. The van der Waals surface area contributed by atoms with Crippen molar-refractivity contribution in [2.24, 2.45) is 0 Å². The number of hydrogen-bond donors (Lipinski definition) is 2. The lowest BCUT2D eigenvalue weighted by Crippen LogP contribution is -1.99. The van der Waals surface area contributed by atoms with Crippen LogP contribution in [0.15, 0.2) is 24.3 Å². The SMILES string of the molecule is O=C(O)OCc1cccc(O)c1. The van der Waals surface area contributed by atoms with Crippen LogP contribution in [-0.2, 0) is 11.3 Å². The Labute approximate surface area is 69.0 Å². The zero-order chi connectivity index (χ0) is 8.97. The molecule has 1 aromatic rings. The quantitative estimate of drug-likeness (QED) is 0.658. The summed E-state index contributed by atoms with van der Waals surface area (Å²) in [5.41, 5.74) is 0.623. The average Bonchev–Trinajstić information content (AvgIpc) is 2.01. The molecule has 0 aromatic heterocycles. The molecule has 0 atom stereocenters. The van der Waals surface area contributed by atoms with E-state index in [0.29, 0.717) is 5.56 Å². The van der Waals surface area contributed by atoms with Crippen molar-refractivity contribution in [3.8, 4) is 5.75 Å². The smallest absolute Gasteiger partial charge is 0.506 e. The molecule has 0 bridgehead atoms. The molecule has 12 heavy (non-hydrogen) atoms. The molecule has 0 aliphatic heterocycles. The highest BCUT2D eigenvalue weighted by Gasteiger charge is 1.98. The summed E-state index contributed by atoms with van der Waals surface area (Å²) in [5.74, 6) is 0.0986. The van der Waals surface area contributed by atoms with Crippen LogP contribution in [-0.4, -0.2) is 16.4 Å². The monoisotopic (exact) mass is 168 g/mol. The number of ether oxygens (including phenoxy) is 1. The van der Waals surface area contributed by atoms with E-state index in [4.69, 9.17) is 10.2 Å². The number of phenols is 1. The summed E-state index contributed by atoms with van der Waals surface area (Å²) in [4.78, 5) is 9.97. The molecule has 0 radical (unpaired) electrons. The molecule has 64 valence electrons. The molecule has 0 amide bonds. The summed E-state index contributed by atoms with van der Waals surface area (Å²) in [6.45, 7) is -0.0380. The maximum atomic E-state index is 9.97. The van der Waals surface area contributed by atoms with E-state index in [1.165, 1.54) is 12.1 Å². The van der Waals surface area contributed by atoms with Gasteiger partial charge in [0.15, 0.2) is 0 Å². The minimum absolute atomic E-state index is 0.0380. The predicted octanol–water partition coefficient (Wildman–Crippen LogP) is 1.59. The minimum Gasteiger partial charge on any atom is -0.508 e. The number of phenolic OH excluding ortho intramolecular Hbond substituents is 1. The molecular weight excluding hydrogens is 160 g/mol. The van der Waals surface area contributed by atoms with E-state index in [1.54, 1.807) is 12.1 Å². The lowest BCUT2D eigenvalue weighted by Gasteiger charge is -2.00. The van der Waals surface area contributed by atoms with Crippen molar-refractivity contribution < 1.29 is 19.7 Å². The van der Waals surface area contributed by atoms with Gasteiger partial charge in [0.25, 0.3) is 0 Å². The third-order valence-electron chi connectivity index (χ3n) is 1.27. The van der Waals surface area contributed by atoms with Crippen molar-refractivity contribution in [2.45, 2.75) is 6.61 Å². The lowest BCUT2D eigenvalue weighted by molar-refractivity contribution is 0.0853. The fraction of sp³-hybridized carbons (Fsp3) is 0.125. The zero-order valence-corrected chi connectivity index (χ0v) is 6.23. The largest absolute Gasteiger partial charge is 0.508 e. The van der Waals surface area contributed by atoms with Gasteiger partial charge in [-0.25, -0.2) is 4.79 Å². The summed E-state index contributed by atoms with van der Waals surface area (Å²) in [7, 11) is 0. The van der Waals surface area contributed by atoms with Crippen molar-refractivity contribution in [3.63, 3.8) is 0 Å². The van der Waals surface area contributed by atoms with E-state index in [-0.39, 0.29) is 12.4 Å². The standard InChI is InChI=1S/C8H8O4/c9-7-3-1-2-6(4-7)5-12-8(10)11/h1-4,9H,5H2,(H,10,11). The van der Waals surface area contributed by atoms with E-state index in [9.17, 15) is 4.79 Å². The van der Waals surface area contributed by atoms with Crippen LogP contribution in [0.3, 0.4) is 0 Å². The van der Waals surface area contributed by atoms with Crippen molar-refractivity contribution in [3.05, 3.63) is 29.8 Å². The van der Waals surface area contributed by atoms with E-state index < -0.39 is 6.16 Å². The number of hydrogen-bond acceptors (Lipinski definition) is 3. The highest BCUT2D eigenvalue weighted by atomic mass is 16.7. The molecule has 4 nitrogen and oxygen atoms in total. The number of carboxylic acid groups (broad SMARTS) is 1. The zero-order valence-electron chi connectivity index (χ0n) is 6.23. The van der Waals surface area contributed by atoms with Gasteiger partial charge in [-0.15, -0.1) is 0 Å². The Hall–Kier alpha value is -1.71. The first-order chi connectivity index (χ1) is 5.68. The van der Waals surface area contributed by atoms with Gasteiger partial charge in [-0.2, -0.15) is 0 Å². The van der Waals surface area contributed by atoms with Gasteiger partial charge >= 0.3 is 6.16 Å². The topological polar surface area (TPSA) is 66.8 Å². The van der Waals surface area contributed by atoms with Gasteiger partial charge in [0.1, 0.15) is 12.4 Å². The molecule has 0 spiro atoms. The average molecular weight is 168 g/mol. The molecule has 1 rings (SSSR count). The van der Waals surface area contributed by atoms with Crippen LogP contribution < -0.4 is 0 Å². The summed E-state index contributed by atoms with van der Waals surface area (Å²) in [5, 5.41) is 17.1. The second-order valence-corrected chi connectivity index (χ2v) is 2.22. The number of aromatic hydroxyl groups is 1. The van der Waals surface area contributed by atoms with E-state index >= 15 is 0 Å².